The highest BCUT2D eigenvalue weighted by molar-refractivity contribution is 6.35. The molecule has 6 heteroatoms. The fraction of sp³-hybridized carbons (Fsp3) is 0.188. The Hall–Kier alpha value is -1.26. The van der Waals surface area contributed by atoms with Gasteiger partial charge < -0.3 is 10.6 Å². The summed E-state index contributed by atoms with van der Waals surface area (Å²) in [5.74, 6) is -0.190. The van der Waals surface area contributed by atoms with Gasteiger partial charge in [-0.1, -0.05) is 46.9 Å². The van der Waals surface area contributed by atoms with Crippen molar-refractivity contribution < 1.29 is 4.79 Å². The quantitative estimate of drug-likeness (QED) is 0.796. The van der Waals surface area contributed by atoms with E-state index in [0.717, 1.165) is 5.56 Å². The molecule has 0 saturated carbocycles. The van der Waals surface area contributed by atoms with Gasteiger partial charge in [-0.15, -0.1) is 0 Å². The number of benzene rings is 2. The molecule has 0 aliphatic rings. The third-order valence-electron chi connectivity index (χ3n) is 3.14. The number of hydrogen-bond donors (Lipinski definition) is 2. The first-order valence-electron chi connectivity index (χ1n) is 6.69. The lowest BCUT2D eigenvalue weighted by Crippen LogP contribution is -2.30. The predicted molar refractivity (Wildman–Crippen MR) is 93.0 cm³/mol. The van der Waals surface area contributed by atoms with Crippen LogP contribution in [0.15, 0.2) is 42.5 Å². The van der Waals surface area contributed by atoms with Crippen molar-refractivity contribution in [1.29, 1.82) is 0 Å². The highest BCUT2D eigenvalue weighted by Crippen LogP contribution is 2.25. The number of carbonyl (C=O) groups excluding carboxylic acids is 1. The van der Waals surface area contributed by atoms with Crippen LogP contribution in [-0.2, 0) is 4.79 Å². The molecule has 0 unspecified atom stereocenters. The Labute approximate surface area is 144 Å². The molecular formula is C16H15Cl3N2O. The van der Waals surface area contributed by atoms with Crippen LogP contribution < -0.4 is 10.6 Å². The smallest absolute Gasteiger partial charge is 0.238 e. The number of amides is 1. The molecule has 22 heavy (non-hydrogen) atoms. The van der Waals surface area contributed by atoms with Crippen LogP contribution in [0.2, 0.25) is 15.1 Å². The lowest BCUT2D eigenvalue weighted by molar-refractivity contribution is -0.115. The number of anilines is 1. The van der Waals surface area contributed by atoms with E-state index in [1.54, 1.807) is 18.2 Å². The van der Waals surface area contributed by atoms with Crippen molar-refractivity contribution in [2.45, 2.75) is 13.0 Å². The van der Waals surface area contributed by atoms with Crippen LogP contribution in [-0.4, -0.2) is 12.5 Å². The summed E-state index contributed by atoms with van der Waals surface area (Å²) in [7, 11) is 0. The lowest BCUT2D eigenvalue weighted by atomic mass is 10.1. The molecule has 2 rings (SSSR count). The first-order valence-corrected chi connectivity index (χ1v) is 7.83. The average Bonchev–Trinajstić information content (AvgIpc) is 2.49. The Bertz CT molecular complexity index is 659. The number of halogens is 3. The van der Waals surface area contributed by atoms with Crippen molar-refractivity contribution in [1.82, 2.24) is 5.32 Å². The molecule has 116 valence electrons. The molecule has 0 bridgehead atoms. The van der Waals surface area contributed by atoms with Gasteiger partial charge in [0.15, 0.2) is 0 Å². The van der Waals surface area contributed by atoms with Gasteiger partial charge in [0.2, 0.25) is 5.91 Å². The summed E-state index contributed by atoms with van der Waals surface area (Å²) in [6.45, 7) is 2.13. The zero-order valence-electron chi connectivity index (χ0n) is 11.9. The predicted octanol–water partition coefficient (Wildman–Crippen LogP) is 4.94. The maximum atomic E-state index is 12.0. The van der Waals surface area contributed by atoms with Crippen molar-refractivity contribution in [3.8, 4) is 0 Å². The second kappa shape index (κ2) is 7.84. The molecule has 2 aromatic carbocycles. The molecule has 1 amide bonds. The summed E-state index contributed by atoms with van der Waals surface area (Å²) in [5, 5.41) is 7.52. The summed E-state index contributed by atoms with van der Waals surface area (Å²) in [5.41, 5.74) is 1.55. The molecule has 0 heterocycles. The lowest BCUT2D eigenvalue weighted by Gasteiger charge is -2.14. The zero-order chi connectivity index (χ0) is 16.1. The maximum absolute atomic E-state index is 12.0. The van der Waals surface area contributed by atoms with Crippen molar-refractivity contribution in [3.63, 3.8) is 0 Å². The van der Waals surface area contributed by atoms with Gasteiger partial charge in [0, 0.05) is 16.1 Å². The van der Waals surface area contributed by atoms with Gasteiger partial charge in [-0.3, -0.25) is 4.79 Å². The van der Waals surface area contributed by atoms with E-state index in [1.807, 2.05) is 31.2 Å². The molecule has 1 atom stereocenters. The average molecular weight is 358 g/mol. The Balaban J connectivity index is 1.89. The van der Waals surface area contributed by atoms with Gasteiger partial charge in [-0.2, -0.15) is 0 Å². The summed E-state index contributed by atoms with van der Waals surface area (Å²) < 4.78 is 0. The van der Waals surface area contributed by atoms with E-state index in [1.165, 1.54) is 0 Å². The molecule has 2 N–H and O–H groups in total. The van der Waals surface area contributed by atoms with E-state index in [0.29, 0.717) is 20.8 Å². The van der Waals surface area contributed by atoms with Crippen LogP contribution in [0.3, 0.4) is 0 Å². The topological polar surface area (TPSA) is 41.1 Å². The highest BCUT2D eigenvalue weighted by atomic mass is 35.5. The molecule has 0 fully saturated rings. The Morgan fingerprint density at radius 3 is 2.36 bits per heavy atom. The van der Waals surface area contributed by atoms with E-state index in [-0.39, 0.29) is 18.5 Å². The molecule has 3 nitrogen and oxygen atoms in total. The third-order valence-corrected chi connectivity index (χ3v) is 3.96. The van der Waals surface area contributed by atoms with Crippen molar-refractivity contribution in [3.05, 3.63) is 63.1 Å². The highest BCUT2D eigenvalue weighted by Gasteiger charge is 2.09. The molecule has 0 radical (unpaired) electrons. The Morgan fingerprint density at radius 1 is 1.05 bits per heavy atom. The fourth-order valence-electron chi connectivity index (χ4n) is 1.90. The standard InChI is InChI=1S/C16H15Cl3N2O/c1-10(11-2-4-12(17)5-3-11)20-9-16(22)21-15-8-13(18)6-7-14(15)19/h2-8,10,20H,9H2,1H3,(H,21,22)/t10-/m0/s1. The summed E-state index contributed by atoms with van der Waals surface area (Å²) in [6.07, 6.45) is 0. The fourth-order valence-corrected chi connectivity index (χ4v) is 2.37. The number of carbonyl (C=O) groups is 1. The number of nitrogens with one attached hydrogen (secondary N) is 2. The Kier molecular flexibility index (Phi) is 6.09. The largest absolute Gasteiger partial charge is 0.324 e. The van der Waals surface area contributed by atoms with Crippen molar-refractivity contribution in [2.24, 2.45) is 0 Å². The summed E-state index contributed by atoms with van der Waals surface area (Å²) in [4.78, 5) is 12.0. The monoisotopic (exact) mass is 356 g/mol. The number of hydrogen-bond acceptors (Lipinski definition) is 2. The van der Waals surface area contributed by atoms with Crippen LogP contribution in [0, 0.1) is 0 Å². The van der Waals surface area contributed by atoms with Crippen molar-refractivity contribution in [2.75, 3.05) is 11.9 Å². The van der Waals surface area contributed by atoms with E-state index in [4.69, 9.17) is 34.8 Å². The molecule has 0 aliphatic carbocycles. The van der Waals surface area contributed by atoms with Gasteiger partial charge in [-0.05, 0) is 42.8 Å². The van der Waals surface area contributed by atoms with E-state index in [2.05, 4.69) is 10.6 Å². The molecular weight excluding hydrogens is 343 g/mol. The second-order valence-electron chi connectivity index (χ2n) is 4.83. The van der Waals surface area contributed by atoms with E-state index in [9.17, 15) is 4.79 Å². The van der Waals surface area contributed by atoms with Crippen LogP contribution in [0.4, 0.5) is 5.69 Å². The van der Waals surface area contributed by atoms with Gasteiger partial charge in [-0.25, -0.2) is 0 Å². The van der Waals surface area contributed by atoms with Crippen LogP contribution in [0.1, 0.15) is 18.5 Å². The molecule has 0 aromatic heterocycles. The minimum absolute atomic E-state index is 0.0258. The van der Waals surface area contributed by atoms with Crippen LogP contribution >= 0.6 is 34.8 Å². The summed E-state index contributed by atoms with van der Waals surface area (Å²) >= 11 is 17.7. The zero-order valence-corrected chi connectivity index (χ0v) is 14.1. The normalized spacial score (nSPS) is 12.0. The van der Waals surface area contributed by atoms with Gasteiger partial charge in [0.25, 0.3) is 0 Å². The maximum Gasteiger partial charge on any atom is 0.238 e. The van der Waals surface area contributed by atoms with E-state index >= 15 is 0 Å². The second-order valence-corrected chi connectivity index (χ2v) is 6.11. The first kappa shape index (κ1) is 17.1. The van der Waals surface area contributed by atoms with Gasteiger partial charge in [0.1, 0.15) is 0 Å². The van der Waals surface area contributed by atoms with Crippen LogP contribution in [0.5, 0.6) is 0 Å². The Morgan fingerprint density at radius 2 is 1.68 bits per heavy atom. The molecule has 0 saturated heterocycles. The minimum Gasteiger partial charge on any atom is -0.324 e. The van der Waals surface area contributed by atoms with E-state index < -0.39 is 0 Å². The van der Waals surface area contributed by atoms with Crippen molar-refractivity contribution >= 4 is 46.4 Å². The van der Waals surface area contributed by atoms with Gasteiger partial charge in [0.05, 0.1) is 17.3 Å². The van der Waals surface area contributed by atoms with Gasteiger partial charge >= 0.3 is 0 Å². The minimum atomic E-state index is -0.190. The third kappa shape index (κ3) is 4.89. The molecule has 2 aromatic rings. The first-order chi connectivity index (χ1) is 10.5. The summed E-state index contributed by atoms with van der Waals surface area (Å²) in [6, 6.07) is 12.4. The molecule has 0 aliphatic heterocycles. The van der Waals surface area contributed by atoms with Crippen LogP contribution in [0.25, 0.3) is 0 Å². The molecule has 0 spiro atoms. The SMILES string of the molecule is C[C@H](NCC(=O)Nc1cc(Cl)ccc1Cl)c1ccc(Cl)cc1. The number of rotatable bonds is 5.